The summed E-state index contributed by atoms with van der Waals surface area (Å²) in [6.07, 6.45) is 9.54. The molecule has 5 heterocycles. The minimum atomic E-state index is -1.54. The molecule has 17 N–H and O–H groups in total. The first-order valence-corrected chi connectivity index (χ1v) is 42.4. The molecule has 0 saturated carbocycles. The van der Waals surface area contributed by atoms with Crippen molar-refractivity contribution in [2.45, 2.75) is 190 Å². The van der Waals surface area contributed by atoms with Crippen LogP contribution in [0.25, 0.3) is 21.8 Å². The van der Waals surface area contributed by atoms with Crippen molar-refractivity contribution < 1.29 is 58.5 Å². The van der Waals surface area contributed by atoms with Crippen molar-refractivity contribution >= 4 is 92.2 Å². The number of fused-ring (bicyclic) bond motifs is 3. The second-order valence-corrected chi connectivity index (χ2v) is 33.2. The number of phenolic OH excluding ortho intramolecular Hbond substituents is 2. The second kappa shape index (κ2) is 43.0. The van der Waals surface area contributed by atoms with E-state index in [1.165, 1.54) is 48.0 Å². The number of hydrogen-bond acceptors (Lipinski definition) is 18. The summed E-state index contributed by atoms with van der Waals surface area (Å²) >= 11 is 1.65. The van der Waals surface area contributed by atoms with Crippen molar-refractivity contribution in [2.75, 3.05) is 44.7 Å². The van der Waals surface area contributed by atoms with Crippen LogP contribution in [0, 0.1) is 29.1 Å². The van der Waals surface area contributed by atoms with Gasteiger partial charge in [0.15, 0.2) is 17.5 Å². The molecule has 117 heavy (non-hydrogen) atoms. The fourth-order valence-electron chi connectivity index (χ4n) is 17.0. The third-order valence-electron chi connectivity index (χ3n) is 23.2. The highest BCUT2D eigenvalue weighted by Crippen LogP contribution is 2.45. The highest BCUT2D eigenvalue weighted by Gasteiger charge is 2.41. The largest absolute Gasteiger partial charge is 0.508 e. The Kier molecular flexibility index (Phi) is 32.1. The summed E-state index contributed by atoms with van der Waals surface area (Å²) in [4.78, 5) is 150. The van der Waals surface area contributed by atoms with Crippen molar-refractivity contribution in [3.05, 3.63) is 197 Å². The normalized spacial score (nSPS) is 23.3. The number of nitrogens with two attached hydrogens (primary N) is 2. The number of H-pyrrole nitrogens is 2. The Labute approximate surface area is 687 Å². The van der Waals surface area contributed by atoms with Gasteiger partial charge < -0.3 is 78.9 Å². The smallest absolute Gasteiger partial charge is 0.243 e. The monoisotopic (exact) mass is 1610 g/mol. The van der Waals surface area contributed by atoms with Crippen LogP contribution >= 0.6 is 11.8 Å². The van der Waals surface area contributed by atoms with E-state index in [0.29, 0.717) is 73.1 Å². The molecule has 1 aliphatic carbocycles. The molecular formula is C90H114N14O12S. The number of amides is 5. The molecule has 0 unspecified atom stereocenters. The zero-order valence-corrected chi connectivity index (χ0v) is 67.7. The molecule has 0 radical (unpaired) electrons. The highest BCUT2D eigenvalue weighted by atomic mass is 32.2. The van der Waals surface area contributed by atoms with Crippen LogP contribution in [-0.4, -0.2) is 187 Å². The zero-order chi connectivity index (χ0) is 82.9. The minimum absolute atomic E-state index is 0.0144. The van der Waals surface area contributed by atoms with Gasteiger partial charge in [0, 0.05) is 128 Å². The summed E-state index contributed by atoms with van der Waals surface area (Å²) in [7, 11) is 2.21. The van der Waals surface area contributed by atoms with Crippen LogP contribution in [0.2, 0.25) is 0 Å². The molecule has 0 spiro atoms. The number of para-hydroxylation sites is 1. The number of carbonyl (C=O) groups is 9. The van der Waals surface area contributed by atoms with Crippen molar-refractivity contribution in [1.82, 2.24) is 57.1 Å². The fourth-order valence-corrected chi connectivity index (χ4v) is 18.0. The van der Waals surface area contributed by atoms with E-state index >= 15 is 24.0 Å². The quantitative estimate of drug-likeness (QED) is 0.0126. The lowest BCUT2D eigenvalue weighted by Crippen LogP contribution is -2.60. The van der Waals surface area contributed by atoms with Gasteiger partial charge in [-0.1, -0.05) is 97.8 Å². The standard InChI is InChI=1S/C90H114N14O12S/c1-55(105)84-82(111)48-63(40-56-15-5-3-6-16-56)80(109)24-8-4-7-21-73(96-49-60(39-57-25-29-66(106)30-26-57)41-68(108)54-117-53-61-42-71-70-19-13-23-74-83(70)65(51-98-74)46-79(71)104(2)52-61)81(110)47-62(17-14-36-95-90(92)93)85(112)100-76(44-59-33-37-94-38-34-59)87(114)101-77(43-58-27-31-67(107)32-28-58)88(115)102-78(45-64-50-97-72-20-10-9-18-69(64)72)89(116)99-75(86(113)103-84)22-11-12-35-91/h3,5-6,9-10,13,15-16,18-20,23,25-34,37-38,50-51,55,60-63,71,73,75-79,84,96-98,105-107H,4,7-8,11-12,14,17,21-22,24,35-36,39-49,52-54,91H2,1-2H3,(H,99,116)(H,100,112)(H,101,114)(H,102,115)(H,103,113)(H4,92,93,95)/t55-,60+,61-,62-,63-,71-,73-,75+,76+,77+,78-,79-,84+/m1/s1. The molecular weight excluding hydrogens is 1500 g/mol. The van der Waals surface area contributed by atoms with Crippen molar-refractivity contribution in [3.63, 3.8) is 0 Å². The molecule has 3 aliphatic rings. The van der Waals surface area contributed by atoms with Gasteiger partial charge in [-0.15, -0.1) is 0 Å². The van der Waals surface area contributed by atoms with Gasteiger partial charge in [0.25, 0.3) is 0 Å². The van der Waals surface area contributed by atoms with Crippen LogP contribution in [0.5, 0.6) is 11.5 Å². The number of guanidine groups is 1. The van der Waals surface area contributed by atoms with Gasteiger partial charge in [0.05, 0.1) is 17.9 Å². The number of likely N-dealkylation sites (N-methyl/N-ethyl adjacent to an activating group) is 1. The number of aromatic amines is 2. The predicted octanol–water partition coefficient (Wildman–Crippen LogP) is 7.78. The van der Waals surface area contributed by atoms with Crippen LogP contribution in [0.4, 0.5) is 0 Å². The van der Waals surface area contributed by atoms with E-state index in [0.717, 1.165) is 52.7 Å². The number of likely N-dealkylation sites (tertiary alicyclic amines) is 1. The summed E-state index contributed by atoms with van der Waals surface area (Å²) < 4.78 is 0. The van der Waals surface area contributed by atoms with E-state index in [4.69, 9.17) is 16.9 Å². The molecule has 5 aromatic carbocycles. The predicted molar refractivity (Wildman–Crippen MR) is 453 cm³/mol. The summed E-state index contributed by atoms with van der Waals surface area (Å²) in [5.74, 6) is -6.01. The maximum Gasteiger partial charge on any atom is 0.243 e. The zero-order valence-electron chi connectivity index (χ0n) is 66.9. The van der Waals surface area contributed by atoms with Crippen molar-refractivity contribution in [1.29, 1.82) is 5.41 Å². The molecule has 622 valence electrons. The molecule has 2 aliphatic heterocycles. The number of benzene rings is 5. The first kappa shape index (κ1) is 87.3. The van der Waals surface area contributed by atoms with Crippen molar-refractivity contribution in [2.24, 2.45) is 35.1 Å². The van der Waals surface area contributed by atoms with E-state index in [2.05, 4.69) is 88.5 Å². The summed E-state index contributed by atoms with van der Waals surface area (Å²) in [6.45, 7) is 2.86. The van der Waals surface area contributed by atoms with E-state index in [-0.39, 0.29) is 143 Å². The minimum Gasteiger partial charge on any atom is -0.508 e. The Bertz CT molecular complexity index is 4680. The molecule has 27 heteroatoms. The number of thioether (sulfide) groups is 1. The van der Waals surface area contributed by atoms with Gasteiger partial charge in [-0.3, -0.25) is 53.5 Å². The Hall–Kier alpha value is -10.6. The van der Waals surface area contributed by atoms with Crippen LogP contribution in [0.15, 0.2) is 158 Å². The Morgan fingerprint density at radius 2 is 1.26 bits per heavy atom. The van der Waals surface area contributed by atoms with Gasteiger partial charge in [0.1, 0.15) is 53.3 Å². The first-order valence-electron chi connectivity index (χ1n) is 41.2. The lowest BCUT2D eigenvalue weighted by molar-refractivity contribution is -0.136. The number of pyridine rings is 1. The molecule has 0 bridgehead atoms. The molecule has 11 rings (SSSR count). The second-order valence-electron chi connectivity index (χ2n) is 32.2. The van der Waals surface area contributed by atoms with Crippen LogP contribution in [-0.2, 0) is 81.7 Å². The lowest BCUT2D eigenvalue weighted by atomic mass is 9.73. The van der Waals surface area contributed by atoms with Crippen LogP contribution in [0.3, 0.4) is 0 Å². The van der Waals surface area contributed by atoms with Gasteiger partial charge in [-0.25, -0.2) is 0 Å². The number of carbonyl (C=O) groups excluding carboxylic acids is 9. The summed E-state index contributed by atoms with van der Waals surface area (Å²) in [5.41, 5.74) is 19.6. The Balaban J connectivity index is 0.908. The summed E-state index contributed by atoms with van der Waals surface area (Å²) in [5, 5.41) is 63.0. The van der Waals surface area contributed by atoms with Crippen LogP contribution in [0.1, 0.15) is 142 Å². The van der Waals surface area contributed by atoms with Gasteiger partial charge in [0.2, 0.25) is 29.5 Å². The SMILES string of the molecule is C[C@@H](O)[C@@H]1NC(=O)[C@H](CCCCN)NC(=O)[C@@H](Cc2c[nH]c3ccccc23)NC(=O)[C@H](Cc2ccc(O)cc2)NC(=O)[C@H](Cc2ccncc2)NC(=O)[C@H](CCCNC(=N)N)CC(=O)[C@H](NC[C@H](CC(=O)CSC[C@@H]2C[C@@H]3c4cccc5[nH]cc(c45)C[C@H]3N(C)C2)Cc2ccc(O)cc2)CCCCCC(=O)[C@H](Cc2ccccc2)CC1=O. The van der Waals surface area contributed by atoms with Gasteiger partial charge in [-0.2, -0.15) is 11.8 Å². The van der Waals surface area contributed by atoms with Gasteiger partial charge >= 0.3 is 0 Å². The average Bonchev–Trinajstić information content (AvgIpc) is 1.65. The number of rotatable bonds is 28. The number of Topliss-reactive ketones (excluding diaryl/α,β-unsaturated/α-hetero) is 4. The van der Waals surface area contributed by atoms with Crippen LogP contribution < -0.4 is 48.7 Å². The number of aromatic nitrogens is 3. The molecule has 8 aromatic rings. The molecule has 5 amide bonds. The average molecular weight is 1620 g/mol. The topological polar surface area (TPSA) is 422 Å². The number of aliphatic hydroxyl groups is 1. The molecule has 3 aromatic heterocycles. The summed E-state index contributed by atoms with van der Waals surface area (Å²) in [6, 6.07) is 31.4. The first-order chi connectivity index (χ1) is 56.5. The van der Waals surface area contributed by atoms with E-state index < -0.39 is 89.5 Å². The molecule has 13 atom stereocenters. The molecule has 2 saturated heterocycles. The third kappa shape index (κ3) is 25.2. The fraction of sp³-hybridized carbons (Fsp3) is 0.456. The number of aliphatic hydroxyl groups excluding tert-OH is 1. The number of aromatic hydroxyl groups is 2. The third-order valence-corrected chi connectivity index (χ3v) is 24.5. The Morgan fingerprint density at radius 3 is 1.96 bits per heavy atom. The maximum absolute atomic E-state index is 15.6. The van der Waals surface area contributed by atoms with E-state index in [9.17, 15) is 34.5 Å². The maximum atomic E-state index is 15.6. The number of nitrogens with one attached hydrogen (secondary N) is 10. The van der Waals surface area contributed by atoms with Gasteiger partial charge in [-0.05, 0) is 203 Å². The number of piperidine rings is 1. The number of unbranched alkanes of at least 4 members (excludes halogenated alkanes) is 1. The number of ketones is 4. The van der Waals surface area contributed by atoms with E-state index in [1.807, 2.05) is 66.7 Å². The molecule has 26 nitrogen and oxygen atoms in total. The lowest BCUT2D eigenvalue weighted by Gasteiger charge is -2.45. The Morgan fingerprint density at radius 1 is 0.632 bits per heavy atom. The molecule has 2 fully saturated rings. The number of phenols is 2. The number of nitrogens with zero attached hydrogens (tertiary/aromatic N) is 2. The highest BCUT2D eigenvalue weighted by molar-refractivity contribution is 7.99. The van der Waals surface area contributed by atoms with Crippen molar-refractivity contribution in [3.8, 4) is 11.5 Å². The van der Waals surface area contributed by atoms with E-state index in [1.54, 1.807) is 54.4 Å². The number of hydrogen-bond donors (Lipinski definition) is 15.